The van der Waals surface area contributed by atoms with E-state index in [2.05, 4.69) is 4.98 Å². The fourth-order valence-electron chi connectivity index (χ4n) is 4.17. The van der Waals surface area contributed by atoms with Crippen molar-refractivity contribution in [2.75, 3.05) is 13.1 Å². The summed E-state index contributed by atoms with van der Waals surface area (Å²) < 4.78 is 13.5. The Morgan fingerprint density at radius 3 is 2.70 bits per heavy atom. The lowest BCUT2D eigenvalue weighted by Gasteiger charge is -2.42. The second-order valence-electron chi connectivity index (χ2n) is 8.13. The van der Waals surface area contributed by atoms with Crippen LogP contribution in [-0.4, -0.2) is 45.7 Å². The van der Waals surface area contributed by atoms with Crippen LogP contribution in [0.25, 0.3) is 0 Å². The number of piperidine rings is 1. The Morgan fingerprint density at radius 1 is 1.20 bits per heavy atom. The van der Waals surface area contributed by atoms with Crippen LogP contribution >= 0.6 is 11.6 Å². The van der Waals surface area contributed by atoms with E-state index in [4.69, 9.17) is 11.6 Å². The Kier molecular flexibility index (Phi) is 6.32. The SMILES string of the molecule is O=C(c1ccc(F)c(Cl)c1)N1CCCC(N(Cc2cccnc2)C(=O)C2CCC2)C1. The van der Waals surface area contributed by atoms with E-state index in [0.29, 0.717) is 25.2 Å². The monoisotopic (exact) mass is 429 g/mol. The first-order valence-electron chi connectivity index (χ1n) is 10.5. The quantitative estimate of drug-likeness (QED) is 0.711. The van der Waals surface area contributed by atoms with Crippen molar-refractivity contribution in [1.29, 1.82) is 0 Å². The predicted octanol–water partition coefficient (Wildman–Crippen LogP) is 4.31. The van der Waals surface area contributed by atoms with Crippen molar-refractivity contribution in [1.82, 2.24) is 14.8 Å². The highest BCUT2D eigenvalue weighted by Crippen LogP contribution is 2.31. The zero-order chi connectivity index (χ0) is 21.1. The van der Waals surface area contributed by atoms with Crippen LogP contribution in [0.15, 0.2) is 42.7 Å². The van der Waals surface area contributed by atoms with Crippen molar-refractivity contribution in [3.05, 3.63) is 64.7 Å². The molecule has 2 aromatic rings. The van der Waals surface area contributed by atoms with E-state index >= 15 is 0 Å². The lowest BCUT2D eigenvalue weighted by molar-refractivity contribution is -0.142. The second kappa shape index (κ2) is 9.13. The molecule has 4 rings (SSSR count). The Labute approximate surface area is 180 Å². The van der Waals surface area contributed by atoms with Crippen LogP contribution in [0.1, 0.15) is 48.0 Å². The van der Waals surface area contributed by atoms with Crippen LogP contribution in [-0.2, 0) is 11.3 Å². The molecule has 0 N–H and O–H groups in total. The number of pyridine rings is 1. The minimum atomic E-state index is -0.543. The van der Waals surface area contributed by atoms with Crippen LogP contribution in [0.2, 0.25) is 5.02 Å². The first-order valence-corrected chi connectivity index (χ1v) is 10.8. The van der Waals surface area contributed by atoms with Gasteiger partial charge in [-0.1, -0.05) is 24.1 Å². The third-order valence-corrected chi connectivity index (χ3v) is 6.39. The summed E-state index contributed by atoms with van der Waals surface area (Å²) in [6, 6.07) is 7.84. The van der Waals surface area contributed by atoms with Gasteiger partial charge in [0.15, 0.2) is 0 Å². The van der Waals surface area contributed by atoms with Crippen molar-refractivity contribution in [2.45, 2.75) is 44.7 Å². The van der Waals surface area contributed by atoms with Gasteiger partial charge in [0.25, 0.3) is 5.91 Å². The van der Waals surface area contributed by atoms with Crippen LogP contribution in [0.5, 0.6) is 0 Å². The molecular weight excluding hydrogens is 405 g/mol. The van der Waals surface area contributed by atoms with Gasteiger partial charge in [0.05, 0.1) is 5.02 Å². The first kappa shape index (κ1) is 20.8. The third kappa shape index (κ3) is 4.48. The number of nitrogens with zero attached hydrogens (tertiary/aromatic N) is 3. The lowest BCUT2D eigenvalue weighted by Crippen LogP contribution is -2.53. The zero-order valence-corrected chi connectivity index (χ0v) is 17.5. The average molecular weight is 430 g/mol. The van der Waals surface area contributed by atoms with Crippen LogP contribution in [0.3, 0.4) is 0 Å². The molecule has 1 saturated heterocycles. The number of aromatic nitrogens is 1. The number of likely N-dealkylation sites (tertiary alicyclic amines) is 1. The maximum atomic E-state index is 13.5. The van der Waals surface area contributed by atoms with Gasteiger partial charge in [-0.15, -0.1) is 0 Å². The maximum absolute atomic E-state index is 13.5. The van der Waals surface area contributed by atoms with Crippen LogP contribution in [0, 0.1) is 11.7 Å². The van der Waals surface area contributed by atoms with E-state index in [-0.39, 0.29) is 28.8 Å². The molecule has 1 aliphatic heterocycles. The van der Waals surface area contributed by atoms with E-state index in [1.807, 2.05) is 17.0 Å². The molecule has 1 atom stereocenters. The highest BCUT2D eigenvalue weighted by Gasteiger charge is 2.36. The van der Waals surface area contributed by atoms with Crippen LogP contribution in [0.4, 0.5) is 4.39 Å². The molecule has 5 nitrogen and oxygen atoms in total. The van der Waals surface area contributed by atoms with Gasteiger partial charge in [-0.05, 0) is 55.5 Å². The molecule has 2 fully saturated rings. The normalized spacial score (nSPS) is 19.3. The van der Waals surface area contributed by atoms with Gasteiger partial charge in [-0.25, -0.2) is 4.39 Å². The summed E-state index contributed by atoms with van der Waals surface area (Å²) >= 11 is 5.86. The van der Waals surface area contributed by atoms with Crippen molar-refractivity contribution in [3.8, 4) is 0 Å². The number of carbonyl (C=O) groups is 2. The standard InChI is InChI=1S/C23H25ClFN3O2/c24-20-12-18(8-9-21(20)25)22(29)27-11-3-7-19(15-27)28(23(30)17-5-1-6-17)14-16-4-2-10-26-13-16/h2,4,8-10,12-13,17,19H,1,3,5-7,11,14-15H2. The van der Waals surface area contributed by atoms with Gasteiger partial charge in [0.2, 0.25) is 5.91 Å². The van der Waals surface area contributed by atoms with Gasteiger partial charge in [0, 0.05) is 49.6 Å². The summed E-state index contributed by atoms with van der Waals surface area (Å²) in [6.45, 7) is 1.58. The first-order chi connectivity index (χ1) is 14.5. The minimum absolute atomic E-state index is 0.0491. The average Bonchev–Trinajstić information content (AvgIpc) is 2.73. The predicted molar refractivity (Wildman–Crippen MR) is 112 cm³/mol. The molecule has 0 radical (unpaired) electrons. The fraction of sp³-hybridized carbons (Fsp3) is 0.435. The summed E-state index contributed by atoms with van der Waals surface area (Å²) in [7, 11) is 0. The Hall–Kier alpha value is -2.47. The molecule has 158 valence electrons. The number of hydrogen-bond donors (Lipinski definition) is 0. The van der Waals surface area contributed by atoms with E-state index in [1.165, 1.54) is 18.2 Å². The highest BCUT2D eigenvalue weighted by molar-refractivity contribution is 6.31. The minimum Gasteiger partial charge on any atom is -0.337 e. The molecule has 0 spiro atoms. The molecule has 7 heteroatoms. The Morgan fingerprint density at radius 2 is 2.03 bits per heavy atom. The van der Waals surface area contributed by atoms with E-state index in [0.717, 1.165) is 37.7 Å². The fourth-order valence-corrected chi connectivity index (χ4v) is 4.35. The molecule has 2 heterocycles. The Balaban J connectivity index is 1.52. The van der Waals surface area contributed by atoms with Gasteiger partial charge in [-0.3, -0.25) is 14.6 Å². The topological polar surface area (TPSA) is 53.5 Å². The summed E-state index contributed by atoms with van der Waals surface area (Å²) in [6.07, 6.45) is 8.14. The lowest BCUT2D eigenvalue weighted by atomic mass is 9.83. The van der Waals surface area contributed by atoms with Gasteiger partial charge < -0.3 is 9.80 Å². The summed E-state index contributed by atoms with van der Waals surface area (Å²) in [5, 5.41) is -0.0622. The largest absolute Gasteiger partial charge is 0.337 e. The highest BCUT2D eigenvalue weighted by atomic mass is 35.5. The van der Waals surface area contributed by atoms with Gasteiger partial charge in [-0.2, -0.15) is 0 Å². The molecule has 2 amide bonds. The van der Waals surface area contributed by atoms with E-state index in [9.17, 15) is 14.0 Å². The van der Waals surface area contributed by atoms with Crippen LogP contribution < -0.4 is 0 Å². The smallest absolute Gasteiger partial charge is 0.253 e. The number of carbonyl (C=O) groups excluding carboxylic acids is 2. The van der Waals surface area contributed by atoms with E-state index in [1.54, 1.807) is 17.3 Å². The number of amides is 2. The van der Waals surface area contributed by atoms with Crippen molar-refractivity contribution in [3.63, 3.8) is 0 Å². The number of hydrogen-bond acceptors (Lipinski definition) is 3. The molecular formula is C23H25ClFN3O2. The zero-order valence-electron chi connectivity index (χ0n) is 16.8. The summed E-state index contributed by atoms with van der Waals surface area (Å²) in [5.41, 5.74) is 1.35. The van der Waals surface area contributed by atoms with Crippen molar-refractivity contribution >= 4 is 23.4 Å². The summed E-state index contributed by atoms with van der Waals surface area (Å²) in [4.78, 5) is 34.1. The molecule has 1 saturated carbocycles. The number of halogens is 2. The van der Waals surface area contributed by atoms with Gasteiger partial charge >= 0.3 is 0 Å². The Bertz CT molecular complexity index is 920. The molecule has 1 aromatic heterocycles. The number of benzene rings is 1. The van der Waals surface area contributed by atoms with Crippen molar-refractivity contribution < 1.29 is 14.0 Å². The van der Waals surface area contributed by atoms with Crippen molar-refractivity contribution in [2.24, 2.45) is 5.92 Å². The van der Waals surface area contributed by atoms with E-state index < -0.39 is 5.82 Å². The number of rotatable bonds is 5. The molecule has 30 heavy (non-hydrogen) atoms. The molecule has 1 aromatic carbocycles. The van der Waals surface area contributed by atoms with Gasteiger partial charge in [0.1, 0.15) is 5.82 Å². The summed E-state index contributed by atoms with van der Waals surface area (Å²) in [5.74, 6) is -0.463. The second-order valence-corrected chi connectivity index (χ2v) is 8.54. The molecule has 0 bridgehead atoms. The maximum Gasteiger partial charge on any atom is 0.253 e. The molecule has 2 aliphatic rings. The molecule has 1 unspecified atom stereocenters. The molecule has 1 aliphatic carbocycles. The third-order valence-electron chi connectivity index (χ3n) is 6.10.